The zero-order valence-corrected chi connectivity index (χ0v) is 9.84. The molecular weight excluding hydrogens is 260 g/mol. The van der Waals surface area contributed by atoms with Gasteiger partial charge in [0.25, 0.3) is 0 Å². The molecule has 0 radical (unpaired) electrons. The summed E-state index contributed by atoms with van der Waals surface area (Å²) in [6.07, 6.45) is 0. The normalized spacial score (nSPS) is 13.5. The molecule has 0 bridgehead atoms. The first-order chi connectivity index (χ1) is 6.91. The average Bonchev–Trinajstić information content (AvgIpc) is 2.14. The van der Waals surface area contributed by atoms with Crippen LogP contribution in [0.3, 0.4) is 0 Å². The van der Waals surface area contributed by atoms with Crippen LogP contribution in [-0.2, 0) is 0 Å². The molecule has 0 heterocycles. The molecule has 0 saturated heterocycles. The SMILES string of the molecule is O=[N+]([O-])C[C@H](c1ccccc1)C(Cl)(Cl)Cl. The van der Waals surface area contributed by atoms with Crippen molar-refractivity contribution in [2.75, 3.05) is 6.54 Å². The van der Waals surface area contributed by atoms with E-state index in [1.54, 1.807) is 30.3 Å². The monoisotopic (exact) mass is 267 g/mol. The molecule has 0 spiro atoms. The standard InChI is InChI=1S/C9H8Cl3NO2/c10-9(11,12)8(6-13(14)15)7-4-2-1-3-5-7/h1-5,8H,6H2/t8-/m1/s1. The molecule has 0 aliphatic heterocycles. The molecule has 0 amide bonds. The van der Waals surface area contributed by atoms with Crippen LogP contribution >= 0.6 is 34.8 Å². The van der Waals surface area contributed by atoms with Crippen molar-refractivity contribution >= 4 is 34.8 Å². The van der Waals surface area contributed by atoms with Crippen LogP contribution in [0.5, 0.6) is 0 Å². The molecule has 0 saturated carbocycles. The summed E-state index contributed by atoms with van der Waals surface area (Å²) in [5.74, 6) is -0.737. The molecule has 82 valence electrons. The second-order valence-corrected chi connectivity index (χ2v) is 5.39. The number of rotatable bonds is 3. The minimum absolute atomic E-state index is 0.402. The molecular formula is C9H8Cl3NO2. The Bertz CT molecular complexity index is 337. The third-order valence-corrected chi connectivity index (χ3v) is 2.72. The van der Waals surface area contributed by atoms with Gasteiger partial charge in [-0.15, -0.1) is 0 Å². The van der Waals surface area contributed by atoms with Gasteiger partial charge in [-0.3, -0.25) is 10.1 Å². The minimum atomic E-state index is -1.67. The van der Waals surface area contributed by atoms with Crippen LogP contribution in [-0.4, -0.2) is 15.3 Å². The van der Waals surface area contributed by atoms with Gasteiger partial charge in [-0.25, -0.2) is 0 Å². The summed E-state index contributed by atoms with van der Waals surface area (Å²) in [4.78, 5) is 9.97. The maximum absolute atomic E-state index is 10.5. The van der Waals surface area contributed by atoms with E-state index >= 15 is 0 Å². The smallest absolute Gasteiger partial charge is 0.214 e. The minimum Gasteiger partial charge on any atom is -0.265 e. The number of hydrogen-bond donors (Lipinski definition) is 0. The molecule has 1 aromatic carbocycles. The topological polar surface area (TPSA) is 43.1 Å². The van der Waals surface area contributed by atoms with Crippen molar-refractivity contribution in [1.82, 2.24) is 0 Å². The van der Waals surface area contributed by atoms with Crippen LogP contribution in [0.2, 0.25) is 0 Å². The number of halogens is 3. The van der Waals surface area contributed by atoms with Crippen molar-refractivity contribution in [3.8, 4) is 0 Å². The molecule has 0 unspecified atom stereocenters. The lowest BCUT2D eigenvalue weighted by molar-refractivity contribution is -0.483. The van der Waals surface area contributed by atoms with Crippen molar-refractivity contribution in [1.29, 1.82) is 0 Å². The molecule has 0 N–H and O–H groups in total. The van der Waals surface area contributed by atoms with E-state index in [0.29, 0.717) is 5.56 Å². The first-order valence-electron chi connectivity index (χ1n) is 4.14. The number of benzene rings is 1. The summed E-state index contributed by atoms with van der Waals surface area (Å²) in [5, 5.41) is 10.5. The van der Waals surface area contributed by atoms with Gasteiger partial charge in [0.15, 0.2) is 0 Å². The van der Waals surface area contributed by atoms with E-state index in [4.69, 9.17) is 34.8 Å². The Morgan fingerprint density at radius 3 is 2.20 bits per heavy atom. The van der Waals surface area contributed by atoms with E-state index in [-0.39, 0.29) is 0 Å². The van der Waals surface area contributed by atoms with Crippen molar-refractivity contribution in [3.63, 3.8) is 0 Å². The molecule has 1 rings (SSSR count). The van der Waals surface area contributed by atoms with Gasteiger partial charge in [-0.05, 0) is 5.56 Å². The fraction of sp³-hybridized carbons (Fsp3) is 0.333. The van der Waals surface area contributed by atoms with Crippen molar-refractivity contribution in [3.05, 3.63) is 46.0 Å². The second kappa shape index (κ2) is 5.01. The Hall–Kier alpha value is -0.510. The van der Waals surface area contributed by atoms with Crippen LogP contribution in [0.25, 0.3) is 0 Å². The van der Waals surface area contributed by atoms with Gasteiger partial charge in [-0.1, -0.05) is 65.1 Å². The van der Waals surface area contributed by atoms with E-state index in [9.17, 15) is 10.1 Å². The van der Waals surface area contributed by atoms with E-state index in [0.717, 1.165) is 0 Å². The van der Waals surface area contributed by atoms with Crippen molar-refractivity contribution in [2.24, 2.45) is 0 Å². The number of nitrogens with zero attached hydrogens (tertiary/aromatic N) is 1. The summed E-state index contributed by atoms with van der Waals surface area (Å²) in [6, 6.07) is 8.70. The lowest BCUT2D eigenvalue weighted by atomic mass is 10.0. The van der Waals surface area contributed by atoms with Crippen LogP contribution in [0, 0.1) is 10.1 Å². The van der Waals surface area contributed by atoms with Crippen molar-refractivity contribution in [2.45, 2.75) is 9.71 Å². The van der Waals surface area contributed by atoms with E-state index in [1.165, 1.54) is 0 Å². The maximum Gasteiger partial charge on any atom is 0.214 e. The quantitative estimate of drug-likeness (QED) is 0.479. The Labute approximate surface area is 102 Å². The zero-order valence-electron chi connectivity index (χ0n) is 7.57. The molecule has 0 aliphatic carbocycles. The van der Waals surface area contributed by atoms with E-state index in [2.05, 4.69) is 0 Å². The molecule has 15 heavy (non-hydrogen) atoms. The van der Waals surface area contributed by atoms with Gasteiger partial charge in [0.05, 0.1) is 5.92 Å². The largest absolute Gasteiger partial charge is 0.265 e. The summed E-state index contributed by atoms with van der Waals surface area (Å²) in [6.45, 7) is -0.402. The van der Waals surface area contributed by atoms with Crippen molar-refractivity contribution < 1.29 is 4.92 Å². The molecule has 0 aliphatic rings. The van der Waals surface area contributed by atoms with Gasteiger partial charge in [0, 0.05) is 4.92 Å². The van der Waals surface area contributed by atoms with Crippen LogP contribution in [0.15, 0.2) is 30.3 Å². The number of alkyl halides is 3. The third-order valence-electron chi connectivity index (χ3n) is 1.93. The second-order valence-electron chi connectivity index (χ2n) is 3.02. The highest BCUT2D eigenvalue weighted by Crippen LogP contribution is 2.41. The lowest BCUT2D eigenvalue weighted by Gasteiger charge is -2.20. The van der Waals surface area contributed by atoms with Gasteiger partial charge in [0.1, 0.15) is 0 Å². The number of hydrogen-bond acceptors (Lipinski definition) is 2. The Balaban J connectivity index is 2.97. The van der Waals surface area contributed by atoms with Crippen LogP contribution < -0.4 is 0 Å². The highest BCUT2D eigenvalue weighted by atomic mass is 35.6. The Morgan fingerprint density at radius 1 is 1.27 bits per heavy atom. The fourth-order valence-corrected chi connectivity index (χ4v) is 1.82. The summed E-state index contributed by atoms with van der Waals surface area (Å²) in [7, 11) is 0. The van der Waals surface area contributed by atoms with Gasteiger partial charge >= 0.3 is 0 Å². The van der Waals surface area contributed by atoms with E-state index < -0.39 is 21.2 Å². The first-order valence-corrected chi connectivity index (χ1v) is 5.28. The highest BCUT2D eigenvalue weighted by molar-refractivity contribution is 6.68. The summed E-state index contributed by atoms with van der Waals surface area (Å²) < 4.78 is -1.67. The predicted molar refractivity (Wildman–Crippen MR) is 61.3 cm³/mol. The third kappa shape index (κ3) is 3.86. The predicted octanol–water partition coefficient (Wildman–Crippen LogP) is 3.42. The average molecular weight is 269 g/mol. The van der Waals surface area contributed by atoms with Crippen LogP contribution in [0.4, 0.5) is 0 Å². The van der Waals surface area contributed by atoms with Gasteiger partial charge in [0.2, 0.25) is 10.3 Å². The fourth-order valence-electron chi connectivity index (χ4n) is 1.23. The van der Waals surface area contributed by atoms with E-state index in [1.807, 2.05) is 0 Å². The Kier molecular flexibility index (Phi) is 4.20. The number of nitro groups is 1. The maximum atomic E-state index is 10.5. The highest BCUT2D eigenvalue weighted by Gasteiger charge is 2.37. The molecule has 6 heteroatoms. The first kappa shape index (κ1) is 12.6. The molecule has 0 fully saturated rings. The molecule has 0 aromatic heterocycles. The van der Waals surface area contributed by atoms with Crippen LogP contribution in [0.1, 0.15) is 11.5 Å². The summed E-state index contributed by atoms with van der Waals surface area (Å²) in [5.41, 5.74) is 0.647. The van der Waals surface area contributed by atoms with Gasteiger partial charge < -0.3 is 0 Å². The Morgan fingerprint density at radius 2 is 1.80 bits per heavy atom. The zero-order chi connectivity index (χ0) is 11.5. The summed E-state index contributed by atoms with van der Waals surface area (Å²) >= 11 is 17.1. The molecule has 3 nitrogen and oxygen atoms in total. The molecule has 1 atom stereocenters. The lowest BCUT2D eigenvalue weighted by Crippen LogP contribution is -2.24. The molecule has 1 aromatic rings. The van der Waals surface area contributed by atoms with Gasteiger partial charge in [-0.2, -0.15) is 0 Å².